The van der Waals surface area contributed by atoms with Crippen LogP contribution in [0.2, 0.25) is 0 Å². The molecule has 0 unspecified atom stereocenters. The van der Waals surface area contributed by atoms with Crippen molar-refractivity contribution in [3.05, 3.63) is 46.8 Å². The van der Waals surface area contributed by atoms with Crippen molar-refractivity contribution >= 4 is 0 Å². The van der Waals surface area contributed by atoms with Crippen molar-refractivity contribution in [3.63, 3.8) is 0 Å². The van der Waals surface area contributed by atoms with Gasteiger partial charge in [0, 0.05) is 11.3 Å². The standard InChI is InChI=1S/C13H16N2O/c1-9-6-4-5-7-13(9)15-11(3)12(8-16)10(2)14-15/h4-7,16H,8H2,1-3H3. The normalized spacial score (nSPS) is 10.8. The minimum absolute atomic E-state index is 0.0452. The number of benzene rings is 1. The lowest BCUT2D eigenvalue weighted by atomic mass is 10.2. The molecule has 16 heavy (non-hydrogen) atoms. The van der Waals surface area contributed by atoms with Crippen LogP contribution >= 0.6 is 0 Å². The maximum Gasteiger partial charge on any atom is 0.0718 e. The molecule has 1 aromatic carbocycles. The van der Waals surface area contributed by atoms with Crippen LogP contribution in [0.5, 0.6) is 0 Å². The van der Waals surface area contributed by atoms with Crippen molar-refractivity contribution in [2.45, 2.75) is 27.4 Å². The number of hydrogen-bond donors (Lipinski definition) is 1. The summed E-state index contributed by atoms with van der Waals surface area (Å²) in [6.45, 7) is 6.01. The fraction of sp³-hybridized carbons (Fsp3) is 0.308. The first-order chi connectivity index (χ1) is 7.65. The Morgan fingerprint density at radius 3 is 2.44 bits per heavy atom. The summed E-state index contributed by atoms with van der Waals surface area (Å²) in [6.07, 6.45) is 0. The summed E-state index contributed by atoms with van der Waals surface area (Å²) >= 11 is 0. The van der Waals surface area contributed by atoms with E-state index in [4.69, 9.17) is 0 Å². The highest BCUT2D eigenvalue weighted by atomic mass is 16.3. The first-order valence-corrected chi connectivity index (χ1v) is 5.37. The largest absolute Gasteiger partial charge is 0.392 e. The SMILES string of the molecule is Cc1ccccc1-n1nc(C)c(CO)c1C. The Morgan fingerprint density at radius 1 is 1.19 bits per heavy atom. The van der Waals surface area contributed by atoms with Gasteiger partial charge in [0.2, 0.25) is 0 Å². The fourth-order valence-corrected chi connectivity index (χ4v) is 1.94. The van der Waals surface area contributed by atoms with E-state index in [9.17, 15) is 5.11 Å². The Kier molecular flexibility index (Phi) is 2.79. The van der Waals surface area contributed by atoms with Gasteiger partial charge in [0.25, 0.3) is 0 Å². The monoisotopic (exact) mass is 216 g/mol. The molecule has 3 heteroatoms. The van der Waals surface area contributed by atoms with E-state index < -0.39 is 0 Å². The molecule has 84 valence electrons. The number of nitrogens with zero attached hydrogens (tertiary/aromatic N) is 2. The molecule has 0 aliphatic heterocycles. The van der Waals surface area contributed by atoms with Gasteiger partial charge in [-0.1, -0.05) is 18.2 Å². The lowest BCUT2D eigenvalue weighted by molar-refractivity contribution is 0.280. The van der Waals surface area contributed by atoms with Gasteiger partial charge in [-0.25, -0.2) is 4.68 Å². The van der Waals surface area contributed by atoms with Crippen molar-refractivity contribution in [1.82, 2.24) is 9.78 Å². The predicted molar refractivity (Wildman–Crippen MR) is 63.7 cm³/mol. The highest BCUT2D eigenvalue weighted by Gasteiger charge is 2.12. The third-order valence-electron chi connectivity index (χ3n) is 2.94. The van der Waals surface area contributed by atoms with E-state index in [0.717, 1.165) is 22.6 Å². The molecule has 2 aromatic rings. The van der Waals surface area contributed by atoms with Crippen LogP contribution in [0.25, 0.3) is 5.69 Å². The van der Waals surface area contributed by atoms with E-state index in [1.165, 1.54) is 5.56 Å². The molecule has 2 rings (SSSR count). The number of aromatic nitrogens is 2. The molecular formula is C13H16N2O. The van der Waals surface area contributed by atoms with Crippen molar-refractivity contribution in [1.29, 1.82) is 0 Å². The Morgan fingerprint density at radius 2 is 1.88 bits per heavy atom. The molecule has 0 radical (unpaired) electrons. The van der Waals surface area contributed by atoms with E-state index >= 15 is 0 Å². The third-order valence-corrected chi connectivity index (χ3v) is 2.94. The summed E-state index contributed by atoms with van der Waals surface area (Å²) in [5.74, 6) is 0. The van der Waals surface area contributed by atoms with Gasteiger partial charge in [0.05, 0.1) is 18.0 Å². The molecule has 0 aliphatic rings. The Hall–Kier alpha value is -1.61. The molecule has 0 aliphatic carbocycles. The Labute approximate surface area is 95.3 Å². The summed E-state index contributed by atoms with van der Waals surface area (Å²) in [4.78, 5) is 0. The molecule has 1 heterocycles. The number of aliphatic hydroxyl groups is 1. The van der Waals surface area contributed by atoms with Crippen LogP contribution in [-0.2, 0) is 6.61 Å². The second-order valence-electron chi connectivity index (χ2n) is 4.01. The average molecular weight is 216 g/mol. The molecule has 3 nitrogen and oxygen atoms in total. The van der Waals surface area contributed by atoms with Gasteiger partial charge in [-0.05, 0) is 32.4 Å². The number of aryl methyl sites for hydroxylation is 2. The summed E-state index contributed by atoms with van der Waals surface area (Å²) in [7, 11) is 0. The first-order valence-electron chi connectivity index (χ1n) is 5.37. The zero-order valence-corrected chi connectivity index (χ0v) is 9.86. The van der Waals surface area contributed by atoms with Gasteiger partial charge in [-0.15, -0.1) is 0 Å². The minimum Gasteiger partial charge on any atom is -0.392 e. The quantitative estimate of drug-likeness (QED) is 0.836. The summed E-state index contributed by atoms with van der Waals surface area (Å²) in [6, 6.07) is 8.11. The molecule has 1 aromatic heterocycles. The maximum atomic E-state index is 9.28. The highest BCUT2D eigenvalue weighted by molar-refractivity contribution is 5.42. The molecule has 0 atom stereocenters. The molecule has 0 fully saturated rings. The molecule has 0 amide bonds. The second-order valence-corrected chi connectivity index (χ2v) is 4.01. The van der Waals surface area contributed by atoms with Gasteiger partial charge < -0.3 is 5.11 Å². The third kappa shape index (κ3) is 1.63. The molecule has 0 bridgehead atoms. The predicted octanol–water partition coefficient (Wildman–Crippen LogP) is 2.29. The molecular weight excluding hydrogens is 200 g/mol. The number of hydrogen-bond acceptors (Lipinski definition) is 2. The van der Waals surface area contributed by atoms with E-state index in [1.807, 2.05) is 36.7 Å². The molecule has 0 saturated heterocycles. The second kappa shape index (κ2) is 4.10. The first kappa shape index (κ1) is 10.9. The lowest BCUT2D eigenvalue weighted by Gasteiger charge is -2.07. The topological polar surface area (TPSA) is 38.0 Å². The van der Waals surface area contributed by atoms with Gasteiger partial charge in [0.15, 0.2) is 0 Å². The number of aliphatic hydroxyl groups excluding tert-OH is 1. The highest BCUT2D eigenvalue weighted by Crippen LogP contribution is 2.19. The van der Waals surface area contributed by atoms with E-state index in [2.05, 4.69) is 18.1 Å². The Bertz CT molecular complexity index is 515. The van der Waals surface area contributed by atoms with Crippen molar-refractivity contribution in [2.75, 3.05) is 0 Å². The van der Waals surface area contributed by atoms with Crippen LogP contribution in [0, 0.1) is 20.8 Å². The van der Waals surface area contributed by atoms with Crippen LogP contribution in [0.3, 0.4) is 0 Å². The summed E-state index contributed by atoms with van der Waals surface area (Å²) in [5.41, 5.74) is 5.07. The van der Waals surface area contributed by atoms with Crippen LogP contribution in [0.15, 0.2) is 24.3 Å². The number of para-hydroxylation sites is 1. The molecule has 0 spiro atoms. The molecule has 0 saturated carbocycles. The molecule has 1 N–H and O–H groups in total. The van der Waals surface area contributed by atoms with Gasteiger partial charge >= 0.3 is 0 Å². The van der Waals surface area contributed by atoms with Crippen LogP contribution in [-0.4, -0.2) is 14.9 Å². The van der Waals surface area contributed by atoms with Gasteiger partial charge in [-0.2, -0.15) is 5.10 Å². The lowest BCUT2D eigenvalue weighted by Crippen LogP contribution is -2.01. The van der Waals surface area contributed by atoms with Crippen LogP contribution in [0.4, 0.5) is 0 Å². The summed E-state index contributed by atoms with van der Waals surface area (Å²) in [5, 5.41) is 13.7. The van der Waals surface area contributed by atoms with Crippen LogP contribution in [0.1, 0.15) is 22.5 Å². The minimum atomic E-state index is 0.0452. The van der Waals surface area contributed by atoms with E-state index in [-0.39, 0.29) is 6.61 Å². The Balaban J connectivity index is 2.62. The van der Waals surface area contributed by atoms with Crippen LogP contribution < -0.4 is 0 Å². The van der Waals surface area contributed by atoms with E-state index in [1.54, 1.807) is 0 Å². The summed E-state index contributed by atoms with van der Waals surface area (Å²) < 4.78 is 1.90. The van der Waals surface area contributed by atoms with Gasteiger partial charge in [-0.3, -0.25) is 0 Å². The number of rotatable bonds is 2. The van der Waals surface area contributed by atoms with Gasteiger partial charge in [0.1, 0.15) is 0 Å². The zero-order valence-electron chi connectivity index (χ0n) is 9.86. The van der Waals surface area contributed by atoms with Crippen molar-refractivity contribution in [3.8, 4) is 5.69 Å². The average Bonchev–Trinajstić information content (AvgIpc) is 2.55. The zero-order chi connectivity index (χ0) is 11.7. The smallest absolute Gasteiger partial charge is 0.0718 e. The van der Waals surface area contributed by atoms with Crippen molar-refractivity contribution < 1.29 is 5.11 Å². The van der Waals surface area contributed by atoms with Crippen molar-refractivity contribution in [2.24, 2.45) is 0 Å². The van der Waals surface area contributed by atoms with E-state index in [0.29, 0.717) is 0 Å². The fourth-order valence-electron chi connectivity index (χ4n) is 1.94. The maximum absolute atomic E-state index is 9.28.